The molecule has 6 rings (SSSR count). The van der Waals surface area contributed by atoms with Gasteiger partial charge in [0.2, 0.25) is 5.72 Å². The Hall–Kier alpha value is -1.66. The van der Waals surface area contributed by atoms with Gasteiger partial charge in [-0.2, -0.15) is 0 Å². The van der Waals surface area contributed by atoms with Crippen LogP contribution in [-0.4, -0.2) is 48.0 Å². The zero-order valence-corrected chi connectivity index (χ0v) is 13.8. The minimum atomic E-state index is -0.333. The Bertz CT molecular complexity index is 811. The zero-order chi connectivity index (χ0) is 15.6. The summed E-state index contributed by atoms with van der Waals surface area (Å²) in [5.74, 6) is 1.18. The first kappa shape index (κ1) is 13.7. The molecule has 5 heterocycles. The number of nitrogens with zero attached hydrogens (tertiary/aromatic N) is 3. The molecule has 3 saturated heterocycles. The van der Waals surface area contributed by atoms with Crippen molar-refractivity contribution >= 4 is 27.3 Å². The molecule has 120 valence electrons. The van der Waals surface area contributed by atoms with E-state index in [1.54, 1.807) is 6.07 Å². The number of benzene rings is 1. The first-order chi connectivity index (χ1) is 11.2. The highest BCUT2D eigenvalue weighted by Gasteiger charge is 2.56. The van der Waals surface area contributed by atoms with Gasteiger partial charge in [0.05, 0.1) is 16.1 Å². The molecule has 3 fully saturated rings. The lowest BCUT2D eigenvalue weighted by atomic mass is 9.80. The molecule has 0 amide bonds. The second kappa shape index (κ2) is 4.68. The Kier molecular flexibility index (Phi) is 2.79. The molecule has 0 N–H and O–H groups in total. The minimum absolute atomic E-state index is 0.168. The number of amidine groups is 1. The fraction of sp³-hybridized carbons (Fsp3) is 0.471. The van der Waals surface area contributed by atoms with Gasteiger partial charge in [-0.3, -0.25) is 4.90 Å². The van der Waals surface area contributed by atoms with Gasteiger partial charge in [0.15, 0.2) is 5.84 Å². The van der Waals surface area contributed by atoms with Crippen molar-refractivity contribution in [2.75, 3.05) is 26.7 Å². The molecule has 1 aromatic heterocycles. The highest BCUT2D eigenvalue weighted by atomic mass is 32.1. The third-order valence-electron chi connectivity index (χ3n) is 5.57. The van der Waals surface area contributed by atoms with Crippen LogP contribution in [0.15, 0.2) is 29.4 Å². The summed E-state index contributed by atoms with van der Waals surface area (Å²) in [5.41, 5.74) is -0.333. The van der Waals surface area contributed by atoms with Crippen molar-refractivity contribution in [3.63, 3.8) is 0 Å². The largest absolute Gasteiger partial charge is 0.363 e. The van der Waals surface area contributed by atoms with E-state index in [9.17, 15) is 4.39 Å². The van der Waals surface area contributed by atoms with Crippen molar-refractivity contribution in [1.29, 1.82) is 0 Å². The van der Waals surface area contributed by atoms with E-state index in [0.717, 1.165) is 48.6 Å². The van der Waals surface area contributed by atoms with E-state index in [4.69, 9.17) is 4.84 Å². The van der Waals surface area contributed by atoms with Gasteiger partial charge in [0.1, 0.15) is 5.82 Å². The molecule has 6 heteroatoms. The number of oxime groups is 1. The van der Waals surface area contributed by atoms with E-state index in [-0.39, 0.29) is 11.5 Å². The Morgan fingerprint density at radius 1 is 1.35 bits per heavy atom. The Labute approximate surface area is 138 Å². The molecule has 1 atom stereocenters. The molecule has 4 nitrogen and oxygen atoms in total. The Balaban J connectivity index is 1.53. The summed E-state index contributed by atoms with van der Waals surface area (Å²) in [6.45, 7) is 3.22. The lowest BCUT2D eigenvalue weighted by Crippen LogP contribution is -2.65. The summed E-state index contributed by atoms with van der Waals surface area (Å²) in [7, 11) is 2.06. The number of fused-ring (bicyclic) bond motifs is 3. The van der Waals surface area contributed by atoms with E-state index >= 15 is 0 Å². The quantitative estimate of drug-likeness (QED) is 0.804. The third kappa shape index (κ3) is 1.82. The number of hydrogen-bond acceptors (Lipinski definition) is 5. The van der Waals surface area contributed by atoms with Crippen LogP contribution in [0.2, 0.25) is 0 Å². The van der Waals surface area contributed by atoms with Crippen LogP contribution in [0.1, 0.15) is 17.7 Å². The zero-order valence-electron chi connectivity index (χ0n) is 13.0. The molecule has 0 aliphatic carbocycles. The first-order valence-electron chi connectivity index (χ1n) is 8.08. The van der Waals surface area contributed by atoms with Crippen molar-refractivity contribution in [3.05, 3.63) is 35.0 Å². The van der Waals surface area contributed by atoms with Crippen LogP contribution in [-0.2, 0) is 4.84 Å². The van der Waals surface area contributed by atoms with Gasteiger partial charge >= 0.3 is 0 Å². The first-order valence-corrected chi connectivity index (χ1v) is 8.90. The normalized spacial score (nSPS) is 32.6. The van der Waals surface area contributed by atoms with Crippen LogP contribution in [0.4, 0.5) is 4.39 Å². The predicted molar refractivity (Wildman–Crippen MR) is 89.1 cm³/mol. The predicted octanol–water partition coefficient (Wildman–Crippen LogP) is 3.09. The molecular weight excluding hydrogens is 313 g/mol. The summed E-state index contributed by atoms with van der Waals surface area (Å²) in [4.78, 5) is 11.6. The van der Waals surface area contributed by atoms with Crippen molar-refractivity contribution in [3.8, 4) is 0 Å². The van der Waals surface area contributed by atoms with Crippen molar-refractivity contribution in [2.24, 2.45) is 11.1 Å². The van der Waals surface area contributed by atoms with E-state index in [2.05, 4.69) is 22.0 Å². The maximum Gasteiger partial charge on any atom is 0.226 e. The lowest BCUT2D eigenvalue weighted by molar-refractivity contribution is -0.190. The average molecular weight is 331 g/mol. The van der Waals surface area contributed by atoms with Gasteiger partial charge in [0.25, 0.3) is 0 Å². The van der Waals surface area contributed by atoms with Gasteiger partial charge in [-0.15, -0.1) is 11.3 Å². The average Bonchev–Trinajstić information content (AvgIpc) is 3.13. The number of likely N-dealkylation sites (N-methyl/N-ethyl adjacent to an activating group) is 1. The van der Waals surface area contributed by atoms with Crippen molar-refractivity contribution < 1.29 is 9.23 Å². The van der Waals surface area contributed by atoms with Gasteiger partial charge in [-0.25, -0.2) is 4.39 Å². The maximum absolute atomic E-state index is 14.0. The van der Waals surface area contributed by atoms with Crippen LogP contribution < -0.4 is 0 Å². The van der Waals surface area contributed by atoms with Crippen LogP contribution in [0.25, 0.3) is 10.1 Å². The van der Waals surface area contributed by atoms with Gasteiger partial charge in [0, 0.05) is 13.0 Å². The number of hydrogen-bond donors (Lipinski definition) is 0. The summed E-state index contributed by atoms with van der Waals surface area (Å²) < 4.78 is 14.7. The highest BCUT2D eigenvalue weighted by Crippen LogP contribution is 2.44. The molecule has 0 radical (unpaired) electrons. The Morgan fingerprint density at radius 2 is 2.17 bits per heavy atom. The van der Waals surface area contributed by atoms with E-state index in [1.807, 2.05) is 12.1 Å². The van der Waals surface area contributed by atoms with Crippen LogP contribution in [0.5, 0.6) is 0 Å². The molecule has 2 aromatic rings. The second-order valence-corrected chi connectivity index (χ2v) is 7.78. The minimum Gasteiger partial charge on any atom is -0.363 e. The third-order valence-corrected chi connectivity index (χ3v) is 6.72. The lowest BCUT2D eigenvalue weighted by Gasteiger charge is -2.52. The second-order valence-electron chi connectivity index (χ2n) is 6.73. The summed E-state index contributed by atoms with van der Waals surface area (Å²) in [5, 5.41) is 5.34. The standard InChI is InChI=1S/C17H18FN3OS/c1-20-16(14-9-11-3-2-4-13(18)15(11)23-14)19-22-17(20)10-21-7-5-12(17)6-8-21/h2-4,9,12H,5-8,10H2,1H3/t17-/m1/s1. The molecule has 2 bridgehead atoms. The molecule has 0 unspecified atom stereocenters. The molecule has 4 aliphatic rings. The monoisotopic (exact) mass is 331 g/mol. The fourth-order valence-corrected chi connectivity index (χ4v) is 5.33. The molecule has 1 aromatic carbocycles. The molecule has 1 spiro atoms. The molecule has 23 heavy (non-hydrogen) atoms. The fourth-order valence-electron chi connectivity index (χ4n) is 4.25. The number of piperidine rings is 3. The van der Waals surface area contributed by atoms with Gasteiger partial charge in [-0.05, 0) is 43.5 Å². The highest BCUT2D eigenvalue weighted by molar-refractivity contribution is 7.20. The Morgan fingerprint density at radius 3 is 2.87 bits per heavy atom. The smallest absolute Gasteiger partial charge is 0.226 e. The molecule has 0 saturated carbocycles. The topological polar surface area (TPSA) is 28.1 Å². The number of rotatable bonds is 1. The SMILES string of the molecule is CN1C(c2cc3cccc(F)c3s2)=NO[C@@]12CN1CCC2CC1. The summed E-state index contributed by atoms with van der Waals surface area (Å²) in [6.07, 6.45) is 2.32. The van der Waals surface area contributed by atoms with Crippen molar-refractivity contribution in [1.82, 2.24) is 9.80 Å². The summed E-state index contributed by atoms with van der Waals surface area (Å²) in [6, 6.07) is 7.22. The van der Waals surface area contributed by atoms with E-state index < -0.39 is 0 Å². The summed E-state index contributed by atoms with van der Waals surface area (Å²) >= 11 is 1.45. The van der Waals surface area contributed by atoms with Crippen LogP contribution in [0, 0.1) is 11.7 Å². The maximum atomic E-state index is 14.0. The molecular formula is C17H18FN3OS. The van der Waals surface area contributed by atoms with Gasteiger partial charge < -0.3 is 9.74 Å². The van der Waals surface area contributed by atoms with Crippen molar-refractivity contribution in [2.45, 2.75) is 18.6 Å². The number of halogens is 1. The van der Waals surface area contributed by atoms with Crippen LogP contribution in [0.3, 0.4) is 0 Å². The van der Waals surface area contributed by atoms with Crippen LogP contribution >= 0.6 is 11.3 Å². The van der Waals surface area contributed by atoms with E-state index in [1.165, 1.54) is 17.4 Å². The number of thiophene rings is 1. The van der Waals surface area contributed by atoms with Gasteiger partial charge in [-0.1, -0.05) is 17.3 Å². The molecule has 4 aliphatic heterocycles. The van der Waals surface area contributed by atoms with E-state index in [0.29, 0.717) is 10.6 Å².